The summed E-state index contributed by atoms with van der Waals surface area (Å²) >= 11 is 0. The highest BCUT2D eigenvalue weighted by molar-refractivity contribution is 6.27. The average Bonchev–Trinajstić information content (AvgIpc) is 3.07. The Morgan fingerprint density at radius 3 is 1.76 bits per heavy atom. The summed E-state index contributed by atoms with van der Waals surface area (Å²) < 4.78 is 5.51. The number of aliphatic carboxylic acids is 2. The quantitative estimate of drug-likeness (QED) is 0.763. The number of carbonyl (C=O) groups is 2. The lowest BCUT2D eigenvalue weighted by Crippen LogP contribution is -2.42. The second-order valence-corrected chi connectivity index (χ2v) is 7.05. The van der Waals surface area contributed by atoms with E-state index in [1.165, 1.54) is 22.3 Å². The molecular formula is C22H27NO6. The van der Waals surface area contributed by atoms with Gasteiger partial charge in [-0.1, -0.05) is 44.2 Å². The molecule has 0 aliphatic carbocycles. The third kappa shape index (κ3) is 2.81. The van der Waals surface area contributed by atoms with Crippen molar-refractivity contribution in [1.29, 1.82) is 0 Å². The zero-order chi connectivity index (χ0) is 20.7. The molecule has 2 aromatic carbocycles. The molecule has 0 radical (unpaired) electrons. The lowest BCUT2D eigenvalue weighted by atomic mass is 9.71. The minimum absolute atomic E-state index is 0. The Balaban J connectivity index is 0.000000379. The molecule has 2 aromatic rings. The van der Waals surface area contributed by atoms with E-state index in [1.807, 2.05) is 0 Å². The number of nitrogens with zero attached hydrogens (tertiary/aromatic N) is 1. The van der Waals surface area contributed by atoms with Gasteiger partial charge in [-0.2, -0.15) is 0 Å². The molecule has 0 fully saturated rings. The molecule has 0 saturated carbocycles. The highest BCUT2D eigenvalue weighted by Crippen LogP contribution is 2.65. The van der Waals surface area contributed by atoms with Gasteiger partial charge in [0.1, 0.15) is 5.75 Å². The second-order valence-electron chi connectivity index (χ2n) is 7.05. The van der Waals surface area contributed by atoms with Crippen LogP contribution in [0, 0.1) is 0 Å². The van der Waals surface area contributed by atoms with E-state index in [2.05, 4.69) is 68.3 Å². The molecule has 29 heavy (non-hydrogen) atoms. The van der Waals surface area contributed by atoms with Gasteiger partial charge in [0, 0.05) is 0 Å². The highest BCUT2D eigenvalue weighted by atomic mass is 16.5. The number of methoxy groups -OCH3 is 1. The summed E-state index contributed by atoms with van der Waals surface area (Å²) in [6.07, 6.45) is 2.16. The van der Waals surface area contributed by atoms with Gasteiger partial charge in [0.05, 0.1) is 18.2 Å². The molecule has 2 aliphatic rings. The van der Waals surface area contributed by atoms with Crippen molar-refractivity contribution in [3.8, 4) is 5.75 Å². The predicted octanol–water partition coefficient (Wildman–Crippen LogP) is 2.59. The molecule has 2 aliphatic heterocycles. The van der Waals surface area contributed by atoms with Crippen LogP contribution >= 0.6 is 0 Å². The minimum Gasteiger partial charge on any atom is -0.497 e. The molecular weight excluding hydrogens is 374 g/mol. The van der Waals surface area contributed by atoms with Gasteiger partial charge < -0.3 is 20.4 Å². The maximum atomic E-state index is 9.10. The Morgan fingerprint density at radius 2 is 1.34 bits per heavy atom. The van der Waals surface area contributed by atoms with Gasteiger partial charge in [0.25, 0.3) is 0 Å². The Hall–Kier alpha value is -2.90. The Morgan fingerprint density at radius 1 is 0.897 bits per heavy atom. The van der Waals surface area contributed by atoms with Crippen molar-refractivity contribution in [2.75, 3.05) is 14.2 Å². The maximum absolute atomic E-state index is 9.10. The van der Waals surface area contributed by atoms with Gasteiger partial charge in [-0.3, -0.25) is 4.90 Å². The molecule has 7 nitrogen and oxygen atoms in total. The molecule has 0 amide bonds. The van der Waals surface area contributed by atoms with Gasteiger partial charge in [0.15, 0.2) is 0 Å². The Labute approximate surface area is 169 Å². The third-order valence-electron chi connectivity index (χ3n) is 6.29. The first kappa shape index (κ1) is 22.4. The number of fused-ring (bicyclic) bond motifs is 8. The second kappa shape index (κ2) is 7.85. The van der Waals surface area contributed by atoms with Crippen LogP contribution in [0.2, 0.25) is 0 Å². The normalized spacial score (nSPS) is 23.2. The van der Waals surface area contributed by atoms with E-state index in [0.29, 0.717) is 0 Å². The van der Waals surface area contributed by atoms with E-state index in [0.717, 1.165) is 18.6 Å². The molecule has 2 unspecified atom stereocenters. The number of rotatable bonds is 3. The molecule has 0 saturated heterocycles. The summed E-state index contributed by atoms with van der Waals surface area (Å²) in [5, 5.41) is 14.8. The van der Waals surface area contributed by atoms with E-state index >= 15 is 0 Å². The van der Waals surface area contributed by atoms with Crippen LogP contribution in [0.1, 0.15) is 48.9 Å². The molecule has 0 spiro atoms. The minimum atomic E-state index is -1.82. The van der Waals surface area contributed by atoms with Crippen molar-refractivity contribution < 1.29 is 30.0 Å². The summed E-state index contributed by atoms with van der Waals surface area (Å²) in [5.74, 6) is -2.69. The topological polar surface area (TPSA) is 119 Å². The van der Waals surface area contributed by atoms with Crippen LogP contribution in [-0.4, -0.2) is 46.7 Å². The van der Waals surface area contributed by atoms with E-state index < -0.39 is 11.9 Å². The molecule has 4 rings (SSSR count). The number of carboxylic acid groups (broad SMARTS) is 2. The SMILES string of the molecule is CCC12c3ccccc3C(CC)(c3cc(OC)ccc31)N2C.O.O=C(O)C(=O)O. The van der Waals surface area contributed by atoms with E-state index in [1.54, 1.807) is 7.11 Å². The fourth-order valence-corrected chi connectivity index (χ4v) is 5.13. The monoisotopic (exact) mass is 401 g/mol. The zero-order valence-corrected chi connectivity index (χ0v) is 17.0. The van der Waals surface area contributed by atoms with Crippen LogP contribution in [-0.2, 0) is 20.7 Å². The van der Waals surface area contributed by atoms with Gasteiger partial charge in [-0.15, -0.1) is 0 Å². The van der Waals surface area contributed by atoms with Crippen molar-refractivity contribution in [3.63, 3.8) is 0 Å². The predicted molar refractivity (Wildman–Crippen MR) is 108 cm³/mol. The summed E-state index contributed by atoms with van der Waals surface area (Å²) in [7, 11) is 4.04. The van der Waals surface area contributed by atoms with Crippen LogP contribution in [0.4, 0.5) is 0 Å². The van der Waals surface area contributed by atoms with Crippen LogP contribution in [0.3, 0.4) is 0 Å². The summed E-state index contributed by atoms with van der Waals surface area (Å²) in [6, 6.07) is 15.6. The molecule has 0 aromatic heterocycles. The molecule has 7 heteroatoms. The molecule has 2 heterocycles. The fourth-order valence-electron chi connectivity index (χ4n) is 5.13. The zero-order valence-electron chi connectivity index (χ0n) is 17.0. The van der Waals surface area contributed by atoms with E-state index in [-0.39, 0.29) is 16.6 Å². The Kier molecular flexibility index (Phi) is 6.06. The third-order valence-corrected chi connectivity index (χ3v) is 6.29. The number of carboxylic acids is 2. The van der Waals surface area contributed by atoms with Crippen molar-refractivity contribution in [3.05, 3.63) is 64.7 Å². The van der Waals surface area contributed by atoms with Crippen LogP contribution in [0.15, 0.2) is 42.5 Å². The highest BCUT2D eigenvalue weighted by Gasteiger charge is 2.63. The first-order valence-electron chi connectivity index (χ1n) is 9.30. The van der Waals surface area contributed by atoms with Gasteiger partial charge in [-0.05, 0) is 54.3 Å². The number of benzene rings is 2. The van der Waals surface area contributed by atoms with Crippen molar-refractivity contribution in [2.24, 2.45) is 0 Å². The first-order chi connectivity index (χ1) is 13.3. The molecule has 2 atom stereocenters. The maximum Gasteiger partial charge on any atom is 0.414 e. The first-order valence-corrected chi connectivity index (χ1v) is 9.30. The van der Waals surface area contributed by atoms with E-state index in [4.69, 9.17) is 24.5 Å². The fraction of sp³-hybridized carbons (Fsp3) is 0.364. The molecule has 2 bridgehead atoms. The lowest BCUT2D eigenvalue weighted by molar-refractivity contribution is -0.159. The largest absolute Gasteiger partial charge is 0.497 e. The van der Waals surface area contributed by atoms with Crippen molar-refractivity contribution in [2.45, 2.75) is 37.8 Å². The summed E-state index contributed by atoms with van der Waals surface area (Å²) in [4.78, 5) is 20.8. The Bertz CT molecular complexity index is 931. The van der Waals surface area contributed by atoms with Gasteiger partial charge in [-0.25, -0.2) is 9.59 Å². The van der Waals surface area contributed by atoms with Gasteiger partial charge >= 0.3 is 11.9 Å². The summed E-state index contributed by atoms with van der Waals surface area (Å²) in [5.41, 5.74) is 5.84. The standard InChI is InChI=1S/C20H23NO.C2H2O4.H2O/c1-5-19-15-9-7-8-10-16(15)20(6-2,21(19)3)18-13-14(22-4)11-12-17(18)19;3-1(4)2(5)6;/h7-13H,5-6H2,1-4H3;(H,3,4)(H,5,6);1H2. The molecule has 4 N–H and O–H groups in total. The van der Waals surface area contributed by atoms with Crippen LogP contribution in [0.25, 0.3) is 0 Å². The van der Waals surface area contributed by atoms with Crippen molar-refractivity contribution >= 4 is 11.9 Å². The number of ether oxygens (including phenoxy) is 1. The average molecular weight is 401 g/mol. The van der Waals surface area contributed by atoms with E-state index in [9.17, 15) is 0 Å². The lowest BCUT2D eigenvalue weighted by Gasteiger charge is -2.36. The van der Waals surface area contributed by atoms with Crippen molar-refractivity contribution in [1.82, 2.24) is 4.90 Å². The number of hydrogen-bond acceptors (Lipinski definition) is 4. The molecule has 156 valence electrons. The smallest absolute Gasteiger partial charge is 0.414 e. The van der Waals surface area contributed by atoms with Crippen LogP contribution in [0.5, 0.6) is 5.75 Å². The summed E-state index contributed by atoms with van der Waals surface area (Å²) in [6.45, 7) is 4.60. The van der Waals surface area contributed by atoms with Crippen LogP contribution < -0.4 is 4.74 Å². The van der Waals surface area contributed by atoms with Gasteiger partial charge in [0.2, 0.25) is 0 Å². The number of hydrogen-bond donors (Lipinski definition) is 2.